The number of anilines is 3. The zero-order valence-corrected chi connectivity index (χ0v) is 14.9. The van der Waals surface area contributed by atoms with Crippen LogP contribution in [0.3, 0.4) is 0 Å². The van der Waals surface area contributed by atoms with Crippen molar-refractivity contribution in [2.75, 3.05) is 23.6 Å². The number of nitrogen functional groups attached to an aromatic ring is 1. The van der Waals surface area contributed by atoms with E-state index in [9.17, 15) is 0 Å². The molecule has 5 N–H and O–H groups in total. The van der Waals surface area contributed by atoms with Crippen molar-refractivity contribution in [3.63, 3.8) is 0 Å². The van der Waals surface area contributed by atoms with Crippen molar-refractivity contribution in [1.29, 1.82) is 5.41 Å². The molecule has 1 heterocycles. The molecule has 0 fully saturated rings. The number of nitrogens with two attached hydrogens (primary N) is 1. The molecule has 2 rings (SSSR count). The third-order valence-electron chi connectivity index (χ3n) is 3.29. The summed E-state index contributed by atoms with van der Waals surface area (Å²) >= 11 is 0. The Morgan fingerprint density at radius 2 is 2.00 bits per heavy atom. The van der Waals surface area contributed by atoms with Crippen LogP contribution in [0.5, 0.6) is 0 Å². The van der Waals surface area contributed by atoms with E-state index in [1.165, 1.54) is 12.6 Å². The van der Waals surface area contributed by atoms with E-state index in [2.05, 4.69) is 32.4 Å². The third kappa shape index (κ3) is 5.82. The van der Waals surface area contributed by atoms with Gasteiger partial charge in [0.15, 0.2) is 5.82 Å². The molecule has 2 aromatic rings. The van der Waals surface area contributed by atoms with E-state index in [1.807, 2.05) is 12.1 Å². The van der Waals surface area contributed by atoms with Gasteiger partial charge in [-0.25, -0.2) is 9.97 Å². The minimum absolute atomic E-state index is 0.392. The molecular formula is C19H21N7O. The minimum Gasteiger partial charge on any atom is -0.504 e. The average molecular weight is 363 g/mol. The third-order valence-corrected chi connectivity index (χ3v) is 3.29. The van der Waals surface area contributed by atoms with Crippen LogP contribution in [0.1, 0.15) is 11.1 Å². The molecule has 0 aliphatic rings. The maximum Gasteiger partial charge on any atom is 0.160 e. The van der Waals surface area contributed by atoms with Crippen LogP contribution in [0.4, 0.5) is 17.3 Å². The first-order chi connectivity index (χ1) is 13.2. The van der Waals surface area contributed by atoms with Crippen molar-refractivity contribution in [3.8, 4) is 0 Å². The molecule has 0 radical (unpaired) electrons. The Hall–Kier alpha value is -3.94. The fraction of sp³-hybridized carbons (Fsp3) is 0.0526. The van der Waals surface area contributed by atoms with Crippen LogP contribution in [-0.4, -0.2) is 29.5 Å². The van der Waals surface area contributed by atoms with Crippen LogP contribution in [0.25, 0.3) is 0 Å². The van der Waals surface area contributed by atoms with E-state index >= 15 is 0 Å². The fourth-order valence-electron chi connectivity index (χ4n) is 2.01. The summed E-state index contributed by atoms with van der Waals surface area (Å²) in [5.74, 6) is 0.835. The molecular weight excluding hydrogens is 342 g/mol. The van der Waals surface area contributed by atoms with E-state index in [0.717, 1.165) is 11.8 Å². The van der Waals surface area contributed by atoms with E-state index in [0.29, 0.717) is 28.6 Å². The number of hydrogen-bond acceptors (Lipinski definition) is 8. The summed E-state index contributed by atoms with van der Waals surface area (Å²) in [5, 5.41) is 15.0. The molecule has 27 heavy (non-hydrogen) atoms. The van der Waals surface area contributed by atoms with Crippen molar-refractivity contribution in [2.24, 2.45) is 5.10 Å². The van der Waals surface area contributed by atoms with Crippen LogP contribution >= 0.6 is 0 Å². The second-order valence-electron chi connectivity index (χ2n) is 5.19. The van der Waals surface area contributed by atoms with Crippen molar-refractivity contribution in [2.45, 2.75) is 0 Å². The quantitative estimate of drug-likeness (QED) is 0.178. The minimum atomic E-state index is 0.392. The molecule has 0 atom stereocenters. The average Bonchev–Trinajstić information content (AvgIpc) is 2.68. The Morgan fingerprint density at radius 1 is 1.26 bits per heavy atom. The lowest BCUT2D eigenvalue weighted by Crippen LogP contribution is -2.07. The summed E-state index contributed by atoms with van der Waals surface area (Å²) < 4.78 is 4.93. The van der Waals surface area contributed by atoms with Crippen molar-refractivity contribution in [3.05, 3.63) is 78.5 Å². The van der Waals surface area contributed by atoms with Crippen LogP contribution in [0, 0.1) is 5.41 Å². The van der Waals surface area contributed by atoms with Gasteiger partial charge in [-0.2, -0.15) is 5.10 Å². The number of ether oxygens (including phenoxy) is 1. The van der Waals surface area contributed by atoms with Gasteiger partial charge < -0.3 is 21.2 Å². The zero-order chi connectivity index (χ0) is 19.5. The van der Waals surface area contributed by atoms with Gasteiger partial charge in [0.05, 0.1) is 25.1 Å². The highest BCUT2D eigenvalue weighted by Gasteiger charge is 2.09. The van der Waals surface area contributed by atoms with Gasteiger partial charge in [0, 0.05) is 17.6 Å². The molecule has 0 aliphatic carbocycles. The highest BCUT2D eigenvalue weighted by Crippen LogP contribution is 2.19. The topological polar surface area (TPSA) is 121 Å². The van der Waals surface area contributed by atoms with Gasteiger partial charge in [-0.1, -0.05) is 24.8 Å². The summed E-state index contributed by atoms with van der Waals surface area (Å²) in [6, 6.07) is 7.27. The van der Waals surface area contributed by atoms with Crippen LogP contribution in [-0.2, 0) is 4.74 Å². The lowest BCUT2D eigenvalue weighted by molar-refractivity contribution is 0.338. The smallest absolute Gasteiger partial charge is 0.160 e. The SMILES string of the molecule is C=C/C=C(\C=C\OC)Nc1ncnc(N/N=C/c2ccc(N)cc2)c1C=N. The van der Waals surface area contributed by atoms with E-state index in [1.54, 1.807) is 43.7 Å². The molecule has 1 aromatic carbocycles. The molecule has 0 bridgehead atoms. The largest absolute Gasteiger partial charge is 0.504 e. The predicted octanol–water partition coefficient (Wildman–Crippen LogP) is 3.14. The summed E-state index contributed by atoms with van der Waals surface area (Å²) in [5.41, 5.74) is 11.2. The number of nitrogens with zero attached hydrogens (tertiary/aromatic N) is 3. The van der Waals surface area contributed by atoms with Crippen LogP contribution in [0.15, 0.2) is 72.5 Å². The van der Waals surface area contributed by atoms with Gasteiger partial charge in [-0.3, -0.25) is 5.43 Å². The van der Waals surface area contributed by atoms with E-state index in [-0.39, 0.29) is 0 Å². The summed E-state index contributed by atoms with van der Waals surface area (Å²) in [4.78, 5) is 8.33. The highest BCUT2D eigenvalue weighted by atomic mass is 16.5. The molecule has 0 amide bonds. The maximum atomic E-state index is 7.70. The van der Waals surface area contributed by atoms with Gasteiger partial charge >= 0.3 is 0 Å². The molecule has 8 heteroatoms. The summed E-state index contributed by atoms with van der Waals surface area (Å²) in [6.07, 6.45) is 10.8. The van der Waals surface area contributed by atoms with Crippen LogP contribution < -0.4 is 16.5 Å². The van der Waals surface area contributed by atoms with Crippen LogP contribution in [0.2, 0.25) is 0 Å². The number of methoxy groups -OCH3 is 1. The summed E-state index contributed by atoms with van der Waals surface area (Å²) in [6.45, 7) is 3.68. The Bertz CT molecular complexity index is 870. The van der Waals surface area contributed by atoms with Gasteiger partial charge in [0.25, 0.3) is 0 Å². The predicted molar refractivity (Wildman–Crippen MR) is 110 cm³/mol. The molecule has 8 nitrogen and oxygen atoms in total. The first-order valence-corrected chi connectivity index (χ1v) is 7.97. The Morgan fingerprint density at radius 3 is 2.67 bits per heavy atom. The Balaban J connectivity index is 2.20. The molecule has 0 unspecified atom stereocenters. The van der Waals surface area contributed by atoms with Gasteiger partial charge in [0.1, 0.15) is 12.1 Å². The maximum absolute atomic E-state index is 7.70. The van der Waals surface area contributed by atoms with E-state index in [4.69, 9.17) is 15.9 Å². The molecule has 0 saturated heterocycles. The van der Waals surface area contributed by atoms with Crippen molar-refractivity contribution in [1.82, 2.24) is 9.97 Å². The zero-order valence-electron chi connectivity index (χ0n) is 14.9. The monoisotopic (exact) mass is 363 g/mol. The molecule has 0 spiro atoms. The standard InChI is InChI=1S/C19H21N7O/c1-3-4-16(9-10-27-2)25-18-17(11-20)19(23-13-22-18)26-24-12-14-5-7-15(21)8-6-14/h3-13,20H,1,21H2,2H3,(H2,22,23,25,26)/b10-9+,16-4+,20-11?,24-12+. The number of nitrogens with one attached hydrogen (secondary N) is 3. The second-order valence-corrected chi connectivity index (χ2v) is 5.19. The lowest BCUT2D eigenvalue weighted by Gasteiger charge is -2.11. The van der Waals surface area contributed by atoms with Gasteiger partial charge in [0.2, 0.25) is 0 Å². The van der Waals surface area contributed by atoms with Gasteiger partial charge in [-0.15, -0.1) is 0 Å². The first-order valence-electron chi connectivity index (χ1n) is 7.97. The van der Waals surface area contributed by atoms with E-state index < -0.39 is 0 Å². The normalized spacial score (nSPS) is 11.5. The lowest BCUT2D eigenvalue weighted by atomic mass is 10.2. The fourth-order valence-corrected chi connectivity index (χ4v) is 2.01. The second kappa shape index (κ2) is 10.1. The molecule has 138 valence electrons. The highest BCUT2D eigenvalue weighted by molar-refractivity contribution is 5.91. The molecule has 0 saturated carbocycles. The number of rotatable bonds is 9. The Labute approximate surface area is 157 Å². The van der Waals surface area contributed by atoms with Gasteiger partial charge in [-0.05, 0) is 29.8 Å². The molecule has 1 aromatic heterocycles. The number of hydrazone groups is 1. The number of aromatic nitrogens is 2. The number of allylic oxidation sites excluding steroid dienone is 3. The Kier molecular flexibility index (Phi) is 7.28. The number of benzene rings is 1. The number of hydrogen-bond donors (Lipinski definition) is 4. The van der Waals surface area contributed by atoms with Crippen molar-refractivity contribution < 1.29 is 4.74 Å². The summed E-state index contributed by atoms with van der Waals surface area (Å²) in [7, 11) is 1.55. The molecule has 0 aliphatic heterocycles. The van der Waals surface area contributed by atoms with Crippen molar-refractivity contribution >= 4 is 29.8 Å². The first kappa shape index (κ1) is 19.4.